The summed E-state index contributed by atoms with van der Waals surface area (Å²) in [6.07, 6.45) is 1.46. The van der Waals surface area contributed by atoms with Gasteiger partial charge in [0.15, 0.2) is 11.6 Å². The highest BCUT2D eigenvalue weighted by molar-refractivity contribution is 6.05. The number of fused-ring (bicyclic) bond motifs is 3. The first-order valence-corrected chi connectivity index (χ1v) is 9.51. The number of esters is 2. The number of hydrogen-bond acceptors (Lipinski definition) is 7. The topological polar surface area (TPSA) is 96.0 Å². The van der Waals surface area contributed by atoms with Crippen molar-refractivity contribution in [2.24, 2.45) is 11.8 Å². The van der Waals surface area contributed by atoms with Crippen molar-refractivity contribution in [3.8, 4) is 0 Å². The van der Waals surface area contributed by atoms with Gasteiger partial charge in [0.05, 0.1) is 12.7 Å². The molecule has 0 aromatic rings. The van der Waals surface area contributed by atoms with Gasteiger partial charge in [0, 0.05) is 24.8 Å². The Balaban J connectivity index is 1.98. The molecule has 5 atom stereocenters. The largest absolute Gasteiger partial charge is 0.468 e. The van der Waals surface area contributed by atoms with Gasteiger partial charge in [-0.25, -0.2) is 4.79 Å². The van der Waals surface area contributed by atoms with E-state index in [-0.39, 0.29) is 36.9 Å². The van der Waals surface area contributed by atoms with E-state index in [1.54, 1.807) is 13.0 Å². The summed E-state index contributed by atoms with van der Waals surface area (Å²) in [6, 6.07) is 0. The van der Waals surface area contributed by atoms with E-state index < -0.39 is 35.5 Å². The van der Waals surface area contributed by atoms with E-state index in [1.165, 1.54) is 7.11 Å². The number of methoxy groups -OCH3 is 1. The van der Waals surface area contributed by atoms with Crippen LogP contribution in [-0.2, 0) is 33.4 Å². The number of ketones is 2. The van der Waals surface area contributed by atoms with Crippen LogP contribution in [-0.4, -0.2) is 48.4 Å². The number of rotatable bonds is 2. The van der Waals surface area contributed by atoms with Gasteiger partial charge in [-0.15, -0.1) is 0 Å². The van der Waals surface area contributed by atoms with Crippen molar-refractivity contribution in [2.75, 3.05) is 7.11 Å². The fourth-order valence-electron chi connectivity index (χ4n) is 4.28. The Kier molecular flexibility index (Phi) is 5.57. The Morgan fingerprint density at radius 2 is 2.00 bits per heavy atom. The molecule has 3 aliphatic heterocycles. The van der Waals surface area contributed by atoms with Crippen molar-refractivity contribution in [2.45, 2.75) is 63.8 Å². The molecule has 0 N–H and O–H groups in total. The van der Waals surface area contributed by atoms with Gasteiger partial charge in [-0.05, 0) is 38.7 Å². The second-order valence-electron chi connectivity index (χ2n) is 8.22. The molecule has 3 heterocycles. The summed E-state index contributed by atoms with van der Waals surface area (Å²) in [4.78, 5) is 50.2. The maximum atomic E-state index is 13.0. The van der Waals surface area contributed by atoms with E-state index in [0.29, 0.717) is 18.4 Å². The van der Waals surface area contributed by atoms with Gasteiger partial charge in [0.2, 0.25) is 0 Å². The molecular formula is C21H26O7. The minimum Gasteiger partial charge on any atom is -0.468 e. The third-order valence-corrected chi connectivity index (χ3v) is 5.83. The van der Waals surface area contributed by atoms with Crippen molar-refractivity contribution >= 4 is 23.5 Å². The molecule has 0 unspecified atom stereocenters. The minimum absolute atomic E-state index is 0.0325. The minimum atomic E-state index is -1.29. The molecule has 7 heteroatoms. The SMILES string of the molecule is C=C(C)[C@@H]1CCC2=C[C@H](C[C@@]3(C)CC(=O)[C@@H](O3)[C@H](C(=O)OC)C(=O)C1)OC2=O. The van der Waals surface area contributed by atoms with Crippen LogP contribution in [0.3, 0.4) is 0 Å². The lowest BCUT2D eigenvalue weighted by Crippen LogP contribution is -2.41. The summed E-state index contributed by atoms with van der Waals surface area (Å²) in [5, 5.41) is 0. The summed E-state index contributed by atoms with van der Waals surface area (Å²) in [7, 11) is 1.19. The summed E-state index contributed by atoms with van der Waals surface area (Å²) in [5.41, 5.74) is 0.420. The Morgan fingerprint density at radius 3 is 2.64 bits per heavy atom. The smallest absolute Gasteiger partial charge is 0.334 e. The number of hydrogen-bond donors (Lipinski definition) is 0. The summed E-state index contributed by atoms with van der Waals surface area (Å²) < 4.78 is 16.2. The van der Waals surface area contributed by atoms with Crippen molar-refractivity contribution in [3.63, 3.8) is 0 Å². The van der Waals surface area contributed by atoms with Crippen LogP contribution in [0.1, 0.15) is 46.0 Å². The fraction of sp³-hybridized carbons (Fsp3) is 0.619. The third kappa shape index (κ3) is 3.94. The van der Waals surface area contributed by atoms with Gasteiger partial charge in [-0.2, -0.15) is 0 Å². The van der Waals surface area contributed by atoms with E-state index >= 15 is 0 Å². The van der Waals surface area contributed by atoms with Crippen molar-refractivity contribution < 1.29 is 33.4 Å². The van der Waals surface area contributed by atoms with E-state index in [2.05, 4.69) is 6.58 Å². The van der Waals surface area contributed by atoms with Crippen molar-refractivity contribution in [1.29, 1.82) is 0 Å². The van der Waals surface area contributed by atoms with Crippen LogP contribution in [0.5, 0.6) is 0 Å². The predicted molar refractivity (Wildman–Crippen MR) is 98.2 cm³/mol. The van der Waals surface area contributed by atoms with Crippen molar-refractivity contribution in [3.05, 3.63) is 23.8 Å². The Morgan fingerprint density at radius 1 is 1.29 bits per heavy atom. The highest BCUT2D eigenvalue weighted by Crippen LogP contribution is 2.39. The molecular weight excluding hydrogens is 364 g/mol. The maximum Gasteiger partial charge on any atom is 0.334 e. The Labute approximate surface area is 164 Å². The molecule has 4 bridgehead atoms. The Hall–Kier alpha value is -2.28. The van der Waals surface area contributed by atoms with E-state index in [4.69, 9.17) is 14.2 Å². The van der Waals surface area contributed by atoms with E-state index in [0.717, 1.165) is 5.57 Å². The lowest BCUT2D eigenvalue weighted by molar-refractivity contribution is -0.161. The molecule has 1 fully saturated rings. The Bertz CT molecular complexity index is 765. The first-order valence-electron chi connectivity index (χ1n) is 9.51. The molecule has 28 heavy (non-hydrogen) atoms. The molecule has 0 saturated carbocycles. The number of carbonyl (C=O) groups excluding carboxylic acids is 4. The second-order valence-corrected chi connectivity index (χ2v) is 8.22. The molecule has 0 radical (unpaired) electrons. The summed E-state index contributed by atoms with van der Waals surface area (Å²) >= 11 is 0. The second kappa shape index (κ2) is 7.62. The molecule has 3 rings (SSSR count). The number of carbonyl (C=O) groups is 4. The molecule has 7 nitrogen and oxygen atoms in total. The highest BCUT2D eigenvalue weighted by Gasteiger charge is 2.52. The first kappa shape index (κ1) is 20.5. The van der Waals surface area contributed by atoms with Crippen LogP contribution in [0.2, 0.25) is 0 Å². The van der Waals surface area contributed by atoms with Gasteiger partial charge >= 0.3 is 11.9 Å². The van der Waals surface area contributed by atoms with Gasteiger partial charge in [0.1, 0.15) is 18.1 Å². The van der Waals surface area contributed by atoms with Gasteiger partial charge in [-0.3, -0.25) is 14.4 Å². The van der Waals surface area contributed by atoms with Crippen LogP contribution in [0.4, 0.5) is 0 Å². The van der Waals surface area contributed by atoms with Crippen LogP contribution in [0, 0.1) is 11.8 Å². The fourth-order valence-corrected chi connectivity index (χ4v) is 4.28. The van der Waals surface area contributed by atoms with Gasteiger partial charge < -0.3 is 14.2 Å². The van der Waals surface area contributed by atoms with Crippen LogP contribution in [0.25, 0.3) is 0 Å². The monoisotopic (exact) mass is 390 g/mol. The lowest BCUT2D eigenvalue weighted by atomic mass is 9.83. The van der Waals surface area contributed by atoms with E-state index in [1.807, 2.05) is 6.92 Å². The zero-order valence-electron chi connectivity index (χ0n) is 16.5. The van der Waals surface area contributed by atoms with Crippen molar-refractivity contribution in [1.82, 2.24) is 0 Å². The lowest BCUT2D eigenvalue weighted by Gasteiger charge is -2.28. The quantitative estimate of drug-likeness (QED) is 0.405. The molecule has 3 aliphatic rings. The summed E-state index contributed by atoms with van der Waals surface area (Å²) in [6.45, 7) is 7.48. The normalized spacial score (nSPS) is 36.0. The number of ether oxygens (including phenoxy) is 3. The van der Waals surface area contributed by atoms with Gasteiger partial charge in [-0.1, -0.05) is 12.2 Å². The standard InChI is InChI=1S/C21H26O7/c1-11(2)12-5-6-13-7-14(27-19(13)24)9-21(3)10-16(23)18(28-21)17(15(22)8-12)20(25)26-4/h7,12,14,17-18H,1,5-6,8-10H2,2-4H3/t12-,14-,17-,18-,21+/m1/s1. The van der Waals surface area contributed by atoms with Crippen LogP contribution < -0.4 is 0 Å². The molecule has 0 spiro atoms. The highest BCUT2D eigenvalue weighted by atomic mass is 16.6. The molecule has 0 amide bonds. The predicted octanol–water partition coefficient (Wildman–Crippen LogP) is 2.08. The van der Waals surface area contributed by atoms with Gasteiger partial charge in [0.25, 0.3) is 0 Å². The average molecular weight is 390 g/mol. The average Bonchev–Trinajstić information content (AvgIpc) is 3.09. The molecule has 0 aliphatic carbocycles. The van der Waals surface area contributed by atoms with E-state index in [9.17, 15) is 19.2 Å². The number of allylic oxidation sites excluding steroid dienone is 1. The molecule has 1 saturated heterocycles. The number of Topliss-reactive ketones (excluding diaryl/α,β-unsaturated/α-hetero) is 2. The molecule has 0 aromatic carbocycles. The molecule has 152 valence electrons. The molecule has 0 aromatic heterocycles. The van der Waals surface area contributed by atoms with Crippen LogP contribution in [0.15, 0.2) is 23.8 Å². The summed E-state index contributed by atoms with van der Waals surface area (Å²) in [5.74, 6) is -3.37. The zero-order chi connectivity index (χ0) is 20.6. The third-order valence-electron chi connectivity index (χ3n) is 5.83. The first-order chi connectivity index (χ1) is 13.1. The maximum absolute atomic E-state index is 13.0. The van der Waals surface area contributed by atoms with Crippen LogP contribution >= 0.6 is 0 Å². The zero-order valence-corrected chi connectivity index (χ0v) is 16.5.